The number of nitrogens with one attached hydrogen (secondary N) is 1. The summed E-state index contributed by atoms with van der Waals surface area (Å²) in [5, 5.41) is 4.83. The van der Waals surface area contributed by atoms with Crippen LogP contribution < -0.4 is 21.7 Å². The highest BCUT2D eigenvalue weighted by Crippen LogP contribution is 2.26. The van der Waals surface area contributed by atoms with Crippen molar-refractivity contribution in [1.82, 2.24) is 10.3 Å². The van der Waals surface area contributed by atoms with Crippen LogP contribution in [0.4, 0.5) is 5.69 Å². The summed E-state index contributed by atoms with van der Waals surface area (Å²) in [6, 6.07) is 6.01. The number of aryl methyl sites for hydroxylation is 1. The third-order valence-electron chi connectivity index (χ3n) is 5.20. The van der Waals surface area contributed by atoms with Crippen LogP contribution in [-0.2, 0) is 16.0 Å². The molecular weight excluding hydrogens is 428 g/mol. The molecule has 0 bridgehead atoms. The molecule has 2 heterocycles. The van der Waals surface area contributed by atoms with Gasteiger partial charge >= 0.3 is 0 Å². The summed E-state index contributed by atoms with van der Waals surface area (Å²) in [4.78, 5) is 48.3. The Hall–Kier alpha value is -3.11. The number of amides is 2. The van der Waals surface area contributed by atoms with Crippen LogP contribution in [0.2, 0.25) is 0 Å². The van der Waals surface area contributed by atoms with E-state index in [-0.39, 0.29) is 18.2 Å². The number of nitrogens with zero attached hydrogens (tertiary/aromatic N) is 3. The maximum Gasteiger partial charge on any atom is 0.244 e. The number of carbonyl (C=O) groups excluding carboxylic acids is 3. The summed E-state index contributed by atoms with van der Waals surface area (Å²) in [6.07, 6.45) is 3.67. The van der Waals surface area contributed by atoms with E-state index in [9.17, 15) is 14.4 Å². The van der Waals surface area contributed by atoms with Crippen LogP contribution in [0.15, 0.2) is 40.8 Å². The third kappa shape index (κ3) is 5.98. The van der Waals surface area contributed by atoms with E-state index < -0.39 is 18.0 Å². The fourth-order valence-corrected chi connectivity index (χ4v) is 4.23. The Balaban J connectivity index is 1.74. The monoisotopic (exact) mass is 456 g/mol. The lowest BCUT2D eigenvalue weighted by Crippen LogP contribution is -2.50. The molecule has 170 valence electrons. The highest BCUT2D eigenvalue weighted by molar-refractivity contribution is 7.11. The molecule has 1 unspecified atom stereocenters. The summed E-state index contributed by atoms with van der Waals surface area (Å²) < 4.78 is 0. The first-order chi connectivity index (χ1) is 15.4. The summed E-state index contributed by atoms with van der Waals surface area (Å²) in [5.41, 5.74) is 13.2. The zero-order valence-electron chi connectivity index (χ0n) is 18.0. The maximum absolute atomic E-state index is 12.9. The number of carbonyl (C=O) groups is 3. The lowest BCUT2D eigenvalue weighted by atomic mass is 10.1. The van der Waals surface area contributed by atoms with Crippen molar-refractivity contribution in [2.45, 2.75) is 44.7 Å². The molecule has 0 saturated heterocycles. The normalized spacial score (nSPS) is 17.4. The molecule has 0 aliphatic carbocycles. The number of para-hydroxylation sites is 1. The van der Waals surface area contributed by atoms with Crippen LogP contribution in [0.5, 0.6) is 0 Å². The van der Waals surface area contributed by atoms with Gasteiger partial charge in [0.05, 0.1) is 17.9 Å². The minimum absolute atomic E-state index is 0.217. The highest BCUT2D eigenvalue weighted by Gasteiger charge is 2.31. The van der Waals surface area contributed by atoms with Crippen molar-refractivity contribution in [1.29, 1.82) is 0 Å². The van der Waals surface area contributed by atoms with Crippen LogP contribution in [-0.4, -0.2) is 53.6 Å². The molecule has 2 aromatic rings. The molecule has 2 atom stereocenters. The zero-order chi connectivity index (χ0) is 23.1. The van der Waals surface area contributed by atoms with Crippen LogP contribution in [0.1, 0.15) is 41.6 Å². The highest BCUT2D eigenvalue weighted by atomic mass is 32.1. The molecule has 2 amide bonds. The van der Waals surface area contributed by atoms with Crippen LogP contribution in [0.3, 0.4) is 0 Å². The number of hydrogen-bond acceptors (Lipinski definition) is 7. The van der Waals surface area contributed by atoms with E-state index in [2.05, 4.69) is 15.3 Å². The predicted octanol–water partition coefficient (Wildman–Crippen LogP) is 1.27. The first-order valence-corrected chi connectivity index (χ1v) is 11.4. The number of aliphatic imine (C=N–C) groups is 1. The fourth-order valence-electron chi connectivity index (χ4n) is 3.60. The lowest BCUT2D eigenvalue weighted by molar-refractivity contribution is -0.124. The SMILES string of the molecule is CC(N)=NCCC[C@H](NC(=O)CN1C(=O)C(N)CCc2ccccc21)C(=O)c1nccs1. The van der Waals surface area contributed by atoms with Gasteiger partial charge in [-0.15, -0.1) is 11.3 Å². The summed E-state index contributed by atoms with van der Waals surface area (Å²) in [6.45, 7) is 1.93. The van der Waals surface area contributed by atoms with Gasteiger partial charge < -0.3 is 21.7 Å². The Bertz CT molecular complexity index is 987. The third-order valence-corrected chi connectivity index (χ3v) is 5.99. The second-order valence-corrected chi connectivity index (χ2v) is 8.58. The van der Waals surface area contributed by atoms with E-state index in [1.54, 1.807) is 18.5 Å². The fraction of sp³-hybridized carbons (Fsp3) is 0.409. The van der Waals surface area contributed by atoms with Crippen molar-refractivity contribution in [2.24, 2.45) is 16.5 Å². The largest absolute Gasteiger partial charge is 0.388 e. The molecule has 0 radical (unpaired) electrons. The van der Waals surface area contributed by atoms with E-state index in [1.807, 2.05) is 24.3 Å². The second kappa shape index (κ2) is 11.0. The number of aromatic nitrogens is 1. The average Bonchev–Trinajstić information content (AvgIpc) is 3.28. The smallest absolute Gasteiger partial charge is 0.244 e. The molecule has 32 heavy (non-hydrogen) atoms. The van der Waals surface area contributed by atoms with E-state index in [0.717, 1.165) is 5.56 Å². The number of anilines is 1. The molecule has 5 N–H and O–H groups in total. The molecule has 1 aliphatic rings. The van der Waals surface area contributed by atoms with Crippen LogP contribution in [0.25, 0.3) is 0 Å². The number of amidine groups is 1. The topological polar surface area (TPSA) is 144 Å². The Labute approximate surface area is 190 Å². The number of ketones is 1. The molecule has 3 rings (SSSR count). The molecule has 0 fully saturated rings. The van der Waals surface area contributed by atoms with Gasteiger partial charge in [0.1, 0.15) is 6.54 Å². The quantitative estimate of drug-likeness (QED) is 0.224. The van der Waals surface area contributed by atoms with E-state index in [4.69, 9.17) is 11.5 Å². The van der Waals surface area contributed by atoms with Gasteiger partial charge in [-0.05, 0) is 44.2 Å². The zero-order valence-corrected chi connectivity index (χ0v) is 18.8. The van der Waals surface area contributed by atoms with Gasteiger partial charge in [0.25, 0.3) is 0 Å². The van der Waals surface area contributed by atoms with Crippen LogP contribution in [0, 0.1) is 0 Å². The minimum atomic E-state index is -0.770. The average molecular weight is 457 g/mol. The molecule has 1 aromatic heterocycles. The molecule has 9 nitrogen and oxygen atoms in total. The Kier molecular flexibility index (Phi) is 8.07. The number of hydrogen-bond donors (Lipinski definition) is 3. The van der Waals surface area contributed by atoms with Gasteiger partial charge in [-0.3, -0.25) is 19.4 Å². The van der Waals surface area contributed by atoms with Gasteiger partial charge in [0.15, 0.2) is 5.01 Å². The molecule has 1 aliphatic heterocycles. The van der Waals surface area contributed by atoms with Gasteiger partial charge in [0.2, 0.25) is 17.6 Å². The van der Waals surface area contributed by atoms with Gasteiger partial charge in [0, 0.05) is 23.8 Å². The van der Waals surface area contributed by atoms with Gasteiger partial charge in [-0.25, -0.2) is 4.98 Å². The number of rotatable bonds is 9. The Morgan fingerprint density at radius 2 is 2.16 bits per heavy atom. The van der Waals surface area contributed by atoms with E-state index >= 15 is 0 Å². The second-order valence-electron chi connectivity index (χ2n) is 7.69. The molecule has 0 spiro atoms. The predicted molar refractivity (Wildman–Crippen MR) is 125 cm³/mol. The van der Waals surface area contributed by atoms with Crippen LogP contribution >= 0.6 is 11.3 Å². The van der Waals surface area contributed by atoms with E-state index in [0.29, 0.717) is 48.8 Å². The molecule has 0 saturated carbocycles. The van der Waals surface area contributed by atoms with Gasteiger partial charge in [-0.1, -0.05) is 18.2 Å². The van der Waals surface area contributed by atoms with E-state index in [1.165, 1.54) is 16.2 Å². The van der Waals surface area contributed by atoms with Crippen molar-refractivity contribution in [3.05, 3.63) is 46.4 Å². The van der Waals surface area contributed by atoms with Crippen molar-refractivity contribution in [3.63, 3.8) is 0 Å². The summed E-state index contributed by atoms with van der Waals surface area (Å²) in [7, 11) is 0. The van der Waals surface area contributed by atoms with Crippen molar-refractivity contribution >= 4 is 40.5 Å². The molecule has 1 aromatic carbocycles. The van der Waals surface area contributed by atoms with Crippen molar-refractivity contribution in [3.8, 4) is 0 Å². The number of fused-ring (bicyclic) bond motifs is 1. The lowest BCUT2D eigenvalue weighted by Gasteiger charge is -2.25. The van der Waals surface area contributed by atoms with Gasteiger partial charge in [-0.2, -0.15) is 0 Å². The Morgan fingerprint density at radius 1 is 1.38 bits per heavy atom. The number of thiazole rings is 1. The van der Waals surface area contributed by atoms with Crippen molar-refractivity contribution in [2.75, 3.05) is 18.0 Å². The Morgan fingerprint density at radius 3 is 2.88 bits per heavy atom. The maximum atomic E-state index is 12.9. The first kappa shape index (κ1) is 23.6. The van der Waals surface area contributed by atoms with Crippen molar-refractivity contribution < 1.29 is 14.4 Å². The minimum Gasteiger partial charge on any atom is -0.388 e. The molecule has 10 heteroatoms. The summed E-state index contributed by atoms with van der Waals surface area (Å²) >= 11 is 1.22. The first-order valence-electron chi connectivity index (χ1n) is 10.5. The number of Topliss-reactive ketones (excluding diaryl/α,β-unsaturated/α-hetero) is 1. The number of benzene rings is 1. The summed E-state index contributed by atoms with van der Waals surface area (Å²) in [5.74, 6) is -0.538. The standard InChI is InChI=1S/C22H28N6O3S/c1-14(23)25-10-4-6-17(20(30)21-26-11-12-32-21)27-19(29)13-28-18-7-3-2-5-15(18)8-9-16(24)22(28)31/h2-3,5,7,11-12,16-17H,4,6,8-10,13,24H2,1H3,(H2,23,25)(H,27,29)/t16?,17-/m0/s1. The number of nitrogens with two attached hydrogens (primary N) is 2. The molecular formula is C22H28N6O3S.